The fourth-order valence-electron chi connectivity index (χ4n) is 4.39. The lowest BCUT2D eigenvalue weighted by molar-refractivity contribution is -0.135. The smallest absolute Gasteiger partial charge is 0.243 e. The molecule has 13 heteroatoms. The Kier molecular flexibility index (Phi) is 14.6. The first-order valence-electron chi connectivity index (χ1n) is 14.2. The third kappa shape index (κ3) is 10.5. The van der Waals surface area contributed by atoms with Crippen LogP contribution >= 0.6 is 0 Å². The summed E-state index contributed by atoms with van der Waals surface area (Å²) in [6, 6.07) is 13.8. The number of sulfonamides is 1. The number of nitrogens with one attached hydrogen (secondary N) is 2. The van der Waals surface area contributed by atoms with Gasteiger partial charge in [-0.2, -0.15) is 4.31 Å². The van der Waals surface area contributed by atoms with Gasteiger partial charge in [0.25, 0.3) is 0 Å². The summed E-state index contributed by atoms with van der Waals surface area (Å²) in [5.74, 6) is -1.39. The summed E-state index contributed by atoms with van der Waals surface area (Å²) in [6.07, 6.45) is 0.573. The van der Waals surface area contributed by atoms with Crippen molar-refractivity contribution in [2.24, 2.45) is 17.2 Å². The zero-order valence-electron chi connectivity index (χ0n) is 24.5. The third-order valence-corrected chi connectivity index (χ3v) is 8.88. The van der Waals surface area contributed by atoms with E-state index in [0.29, 0.717) is 44.6 Å². The highest BCUT2D eigenvalue weighted by atomic mass is 32.2. The van der Waals surface area contributed by atoms with Crippen molar-refractivity contribution in [3.8, 4) is 0 Å². The summed E-state index contributed by atoms with van der Waals surface area (Å²) in [4.78, 5) is 40.4. The number of benzene rings is 2. The molecule has 0 aliphatic carbocycles. The number of hydrogen-bond donors (Lipinski definition) is 5. The second-order valence-electron chi connectivity index (χ2n) is 9.81. The molecular weight excluding hydrogens is 558 g/mol. The number of nitrogens with two attached hydrogens (primary N) is 3. The molecule has 232 valence electrons. The van der Waals surface area contributed by atoms with E-state index < -0.39 is 33.9 Å². The van der Waals surface area contributed by atoms with Crippen molar-refractivity contribution in [2.45, 2.75) is 56.6 Å². The molecule has 0 saturated heterocycles. The molecule has 3 amide bonds. The van der Waals surface area contributed by atoms with Crippen LogP contribution in [0.1, 0.15) is 37.8 Å². The number of hydrogen-bond acceptors (Lipinski definition) is 8. The van der Waals surface area contributed by atoms with E-state index in [1.54, 1.807) is 26.0 Å². The molecule has 2 atom stereocenters. The molecule has 0 fully saturated rings. The largest absolute Gasteiger partial charge is 0.350 e. The highest BCUT2D eigenvalue weighted by molar-refractivity contribution is 7.89. The lowest BCUT2D eigenvalue weighted by atomic mass is 10.0. The van der Waals surface area contributed by atoms with E-state index in [4.69, 9.17) is 17.2 Å². The lowest BCUT2D eigenvalue weighted by Gasteiger charge is -2.24. The standard InChI is InChI=1S/C29H45N7O5S/c1-3-36(4-2)42(40,41)24-13-10-23(11-14-24)21-33-29(39)26(15-12-22-8-6-5-7-9-22)34-28(38)25(32)20-27(37)35(18-16-30)19-17-31/h5-11,13-14,25-26H,3-4,12,15-21,30-32H2,1-2H3,(H,33,39)(H,34,38)/t25-,26-/m0/s1. The number of amides is 3. The van der Waals surface area contributed by atoms with Crippen LogP contribution in [0, 0.1) is 0 Å². The quantitative estimate of drug-likeness (QED) is 0.156. The van der Waals surface area contributed by atoms with Gasteiger partial charge in [-0.1, -0.05) is 56.3 Å². The molecule has 8 N–H and O–H groups in total. The number of nitrogens with zero attached hydrogens (tertiary/aromatic N) is 2. The molecule has 0 aliphatic heterocycles. The monoisotopic (exact) mass is 603 g/mol. The molecule has 0 aromatic heterocycles. The van der Waals surface area contributed by atoms with Gasteiger partial charge < -0.3 is 32.7 Å². The maximum atomic E-state index is 13.2. The molecule has 0 radical (unpaired) electrons. The van der Waals surface area contributed by atoms with Crippen LogP contribution in [0.4, 0.5) is 0 Å². The summed E-state index contributed by atoms with van der Waals surface area (Å²) in [5.41, 5.74) is 18.9. The van der Waals surface area contributed by atoms with Gasteiger partial charge in [-0.3, -0.25) is 14.4 Å². The Bertz CT molecular complexity index is 1230. The molecule has 0 spiro atoms. The maximum absolute atomic E-state index is 13.2. The predicted octanol–water partition coefficient (Wildman–Crippen LogP) is -0.0857. The highest BCUT2D eigenvalue weighted by Gasteiger charge is 2.27. The third-order valence-electron chi connectivity index (χ3n) is 6.81. The van der Waals surface area contributed by atoms with E-state index in [1.165, 1.54) is 21.3 Å². The first-order chi connectivity index (χ1) is 20.1. The Morgan fingerprint density at radius 2 is 1.45 bits per heavy atom. The first kappa shape index (κ1) is 34.8. The fourth-order valence-corrected chi connectivity index (χ4v) is 5.85. The molecule has 2 aromatic carbocycles. The van der Waals surface area contributed by atoms with E-state index >= 15 is 0 Å². The van der Waals surface area contributed by atoms with Gasteiger partial charge in [0.05, 0.1) is 17.4 Å². The van der Waals surface area contributed by atoms with Gasteiger partial charge >= 0.3 is 0 Å². The van der Waals surface area contributed by atoms with Gasteiger partial charge in [-0.25, -0.2) is 8.42 Å². The van der Waals surface area contributed by atoms with E-state index in [2.05, 4.69) is 10.6 Å². The summed E-state index contributed by atoms with van der Waals surface area (Å²) in [6.45, 7) is 5.52. The Morgan fingerprint density at radius 3 is 2.00 bits per heavy atom. The Labute approximate surface area is 249 Å². The van der Waals surface area contributed by atoms with Crippen LogP contribution in [0.5, 0.6) is 0 Å². The maximum Gasteiger partial charge on any atom is 0.243 e. The molecule has 0 heterocycles. The summed E-state index contributed by atoms with van der Waals surface area (Å²) < 4.78 is 26.9. The molecule has 0 saturated carbocycles. The zero-order chi connectivity index (χ0) is 31.1. The van der Waals surface area contributed by atoms with Crippen LogP contribution < -0.4 is 27.8 Å². The average Bonchev–Trinajstić information content (AvgIpc) is 2.98. The van der Waals surface area contributed by atoms with Crippen molar-refractivity contribution < 1.29 is 22.8 Å². The zero-order valence-corrected chi connectivity index (χ0v) is 25.3. The SMILES string of the molecule is CCN(CC)S(=O)(=O)c1ccc(CNC(=O)[C@H](CCc2ccccc2)NC(=O)[C@@H](N)CC(=O)N(CCN)CCN)cc1. The van der Waals surface area contributed by atoms with Crippen molar-refractivity contribution in [3.63, 3.8) is 0 Å². The van der Waals surface area contributed by atoms with E-state index in [9.17, 15) is 22.8 Å². The number of carbonyl (C=O) groups is 3. The minimum absolute atomic E-state index is 0.125. The molecule has 12 nitrogen and oxygen atoms in total. The lowest BCUT2D eigenvalue weighted by Crippen LogP contribution is -2.53. The van der Waals surface area contributed by atoms with Gasteiger partial charge in [0.15, 0.2) is 0 Å². The van der Waals surface area contributed by atoms with Gasteiger partial charge in [0.1, 0.15) is 6.04 Å². The van der Waals surface area contributed by atoms with Crippen molar-refractivity contribution in [1.82, 2.24) is 19.8 Å². The van der Waals surface area contributed by atoms with E-state index in [1.807, 2.05) is 30.3 Å². The van der Waals surface area contributed by atoms with Crippen molar-refractivity contribution in [1.29, 1.82) is 0 Å². The Balaban J connectivity index is 2.09. The predicted molar refractivity (Wildman–Crippen MR) is 162 cm³/mol. The first-order valence-corrected chi connectivity index (χ1v) is 15.7. The fraction of sp³-hybridized carbons (Fsp3) is 0.483. The summed E-state index contributed by atoms with van der Waals surface area (Å²) >= 11 is 0. The molecular formula is C29H45N7O5S. The van der Waals surface area contributed by atoms with Crippen LogP contribution in [-0.4, -0.2) is 86.7 Å². The van der Waals surface area contributed by atoms with Crippen LogP contribution in [0.15, 0.2) is 59.5 Å². The van der Waals surface area contributed by atoms with Crippen LogP contribution in [-0.2, 0) is 37.4 Å². The molecule has 0 bridgehead atoms. The van der Waals surface area contributed by atoms with Gasteiger partial charge in [0.2, 0.25) is 27.7 Å². The van der Waals surface area contributed by atoms with Crippen molar-refractivity contribution in [2.75, 3.05) is 39.3 Å². The highest BCUT2D eigenvalue weighted by Crippen LogP contribution is 2.16. The van der Waals surface area contributed by atoms with Gasteiger partial charge in [-0.05, 0) is 36.1 Å². The average molecular weight is 604 g/mol. The number of carbonyl (C=O) groups excluding carboxylic acids is 3. The summed E-state index contributed by atoms with van der Waals surface area (Å²) in [5, 5.41) is 5.52. The molecule has 2 rings (SSSR count). The second kappa shape index (κ2) is 17.6. The van der Waals surface area contributed by atoms with Crippen molar-refractivity contribution in [3.05, 3.63) is 65.7 Å². The van der Waals surface area contributed by atoms with Crippen LogP contribution in [0.25, 0.3) is 0 Å². The van der Waals surface area contributed by atoms with Crippen molar-refractivity contribution >= 4 is 27.7 Å². The van der Waals surface area contributed by atoms with Crippen LogP contribution in [0.2, 0.25) is 0 Å². The summed E-state index contributed by atoms with van der Waals surface area (Å²) in [7, 11) is -3.59. The van der Waals surface area contributed by atoms with Gasteiger partial charge in [0, 0.05) is 45.8 Å². The van der Waals surface area contributed by atoms with E-state index in [0.717, 1.165) is 5.56 Å². The second-order valence-corrected chi connectivity index (χ2v) is 11.7. The number of rotatable bonds is 18. The van der Waals surface area contributed by atoms with E-state index in [-0.39, 0.29) is 36.9 Å². The Morgan fingerprint density at radius 1 is 0.857 bits per heavy atom. The van der Waals surface area contributed by atoms with Gasteiger partial charge in [-0.15, -0.1) is 0 Å². The molecule has 42 heavy (non-hydrogen) atoms. The minimum Gasteiger partial charge on any atom is -0.350 e. The molecule has 2 aromatic rings. The van der Waals surface area contributed by atoms with Crippen LogP contribution in [0.3, 0.4) is 0 Å². The topological polar surface area (TPSA) is 194 Å². The molecule has 0 unspecified atom stereocenters. The molecule has 0 aliphatic rings. The normalized spacial score (nSPS) is 12.9. The number of aryl methyl sites for hydroxylation is 1. The minimum atomic E-state index is -3.59. The Hall–Kier alpha value is -3.36.